The van der Waals surface area contributed by atoms with Crippen molar-refractivity contribution in [3.05, 3.63) is 34.9 Å². The highest BCUT2D eigenvalue weighted by Crippen LogP contribution is 2.13. The van der Waals surface area contributed by atoms with Crippen LogP contribution in [0, 0.1) is 18.3 Å². The second-order valence-electron chi connectivity index (χ2n) is 4.26. The van der Waals surface area contributed by atoms with Gasteiger partial charge in [0, 0.05) is 12.6 Å². The summed E-state index contributed by atoms with van der Waals surface area (Å²) in [6.45, 7) is 7.36. The Balaban J connectivity index is 2.84. The van der Waals surface area contributed by atoms with Crippen molar-refractivity contribution in [2.24, 2.45) is 0 Å². The number of hydrogen-bond donors (Lipinski definition) is 0. The zero-order valence-electron chi connectivity index (χ0n) is 9.91. The molecule has 0 bridgehead atoms. The normalized spacial score (nSPS) is 10.7. The van der Waals surface area contributed by atoms with E-state index in [1.165, 1.54) is 11.1 Å². The van der Waals surface area contributed by atoms with Crippen LogP contribution in [0.25, 0.3) is 0 Å². The van der Waals surface area contributed by atoms with Gasteiger partial charge < -0.3 is 0 Å². The Labute approximate surface area is 92.1 Å². The first-order chi connectivity index (χ1) is 7.04. The van der Waals surface area contributed by atoms with E-state index in [1.807, 2.05) is 18.2 Å². The van der Waals surface area contributed by atoms with E-state index in [9.17, 15) is 0 Å². The summed E-state index contributed by atoms with van der Waals surface area (Å²) in [6, 6.07) is 8.58. The van der Waals surface area contributed by atoms with Crippen molar-refractivity contribution < 1.29 is 0 Å². The Hall–Kier alpha value is -1.33. The molecule has 0 unspecified atom stereocenters. The molecule has 0 saturated heterocycles. The van der Waals surface area contributed by atoms with Crippen molar-refractivity contribution in [1.29, 1.82) is 5.26 Å². The van der Waals surface area contributed by atoms with Gasteiger partial charge in [-0.1, -0.05) is 6.07 Å². The van der Waals surface area contributed by atoms with E-state index in [1.54, 1.807) is 0 Å². The van der Waals surface area contributed by atoms with E-state index >= 15 is 0 Å². The molecule has 80 valence electrons. The topological polar surface area (TPSA) is 27.0 Å². The first-order valence-corrected chi connectivity index (χ1v) is 5.24. The van der Waals surface area contributed by atoms with Crippen LogP contribution in [0.1, 0.15) is 30.5 Å². The maximum absolute atomic E-state index is 8.76. The van der Waals surface area contributed by atoms with E-state index < -0.39 is 0 Å². The molecule has 0 fully saturated rings. The number of hydrogen-bond acceptors (Lipinski definition) is 2. The zero-order chi connectivity index (χ0) is 11.4. The number of benzene rings is 1. The molecule has 0 aromatic heterocycles. The first-order valence-electron chi connectivity index (χ1n) is 5.24. The third-order valence-corrected chi connectivity index (χ3v) is 2.77. The molecule has 1 rings (SSSR count). The Bertz CT molecular complexity index is 375. The lowest BCUT2D eigenvalue weighted by Gasteiger charge is -2.22. The molecule has 2 nitrogen and oxygen atoms in total. The molecule has 0 amide bonds. The fourth-order valence-electron chi connectivity index (χ4n) is 1.39. The minimum absolute atomic E-state index is 0.542. The highest BCUT2D eigenvalue weighted by Gasteiger charge is 2.06. The fourth-order valence-corrected chi connectivity index (χ4v) is 1.39. The average Bonchev–Trinajstić information content (AvgIpc) is 2.20. The molecule has 0 N–H and O–H groups in total. The Morgan fingerprint density at radius 3 is 2.53 bits per heavy atom. The molecule has 0 saturated carbocycles. The highest BCUT2D eigenvalue weighted by atomic mass is 15.1. The number of nitrogens with zero attached hydrogens (tertiary/aromatic N) is 2. The molecule has 1 aromatic carbocycles. The maximum Gasteiger partial charge on any atom is 0.0991 e. The van der Waals surface area contributed by atoms with Crippen LogP contribution in [0.4, 0.5) is 0 Å². The van der Waals surface area contributed by atoms with Crippen LogP contribution < -0.4 is 0 Å². The second kappa shape index (κ2) is 4.95. The second-order valence-corrected chi connectivity index (χ2v) is 4.26. The lowest BCUT2D eigenvalue weighted by atomic mass is 10.0. The highest BCUT2D eigenvalue weighted by molar-refractivity contribution is 5.37. The van der Waals surface area contributed by atoms with Gasteiger partial charge in [-0.2, -0.15) is 5.26 Å². The van der Waals surface area contributed by atoms with Crippen molar-refractivity contribution in [2.45, 2.75) is 33.4 Å². The Kier molecular flexibility index (Phi) is 3.88. The summed E-state index contributed by atoms with van der Waals surface area (Å²) in [4.78, 5) is 2.29. The Morgan fingerprint density at radius 2 is 2.07 bits per heavy atom. The van der Waals surface area contributed by atoms with Crippen molar-refractivity contribution >= 4 is 0 Å². The van der Waals surface area contributed by atoms with Crippen LogP contribution in [0.3, 0.4) is 0 Å². The van der Waals surface area contributed by atoms with Crippen LogP contribution in [-0.4, -0.2) is 18.0 Å². The zero-order valence-corrected chi connectivity index (χ0v) is 9.91. The molecular formula is C13H18N2. The molecule has 0 aliphatic rings. The van der Waals surface area contributed by atoms with Gasteiger partial charge in [-0.25, -0.2) is 0 Å². The Morgan fingerprint density at radius 1 is 1.40 bits per heavy atom. The number of nitriles is 1. The maximum atomic E-state index is 8.76. The molecule has 1 aromatic rings. The summed E-state index contributed by atoms with van der Waals surface area (Å²) < 4.78 is 0. The molecule has 15 heavy (non-hydrogen) atoms. The van der Waals surface area contributed by atoms with Crippen molar-refractivity contribution in [3.8, 4) is 6.07 Å². The summed E-state index contributed by atoms with van der Waals surface area (Å²) in [6.07, 6.45) is 0. The predicted molar refractivity (Wildman–Crippen MR) is 62.5 cm³/mol. The van der Waals surface area contributed by atoms with Gasteiger partial charge in [0.15, 0.2) is 0 Å². The van der Waals surface area contributed by atoms with Crippen LogP contribution >= 0.6 is 0 Å². The molecule has 0 radical (unpaired) electrons. The fraction of sp³-hybridized carbons (Fsp3) is 0.462. The van der Waals surface area contributed by atoms with Crippen molar-refractivity contribution in [1.82, 2.24) is 4.90 Å². The van der Waals surface area contributed by atoms with Crippen LogP contribution in [0.5, 0.6) is 0 Å². The summed E-state index contributed by atoms with van der Waals surface area (Å²) in [7, 11) is 2.11. The van der Waals surface area contributed by atoms with Crippen LogP contribution in [0.2, 0.25) is 0 Å². The van der Waals surface area contributed by atoms with E-state index in [4.69, 9.17) is 5.26 Å². The average molecular weight is 202 g/mol. The van der Waals surface area contributed by atoms with Gasteiger partial charge in [-0.3, -0.25) is 4.90 Å². The smallest absolute Gasteiger partial charge is 0.0991 e. The molecule has 0 atom stereocenters. The van der Waals surface area contributed by atoms with Gasteiger partial charge in [0.05, 0.1) is 11.6 Å². The minimum Gasteiger partial charge on any atom is -0.300 e. The van der Waals surface area contributed by atoms with Crippen molar-refractivity contribution in [2.75, 3.05) is 7.05 Å². The van der Waals surface area contributed by atoms with E-state index in [0.29, 0.717) is 6.04 Å². The summed E-state index contributed by atoms with van der Waals surface area (Å²) >= 11 is 0. The summed E-state index contributed by atoms with van der Waals surface area (Å²) in [5, 5.41) is 8.76. The van der Waals surface area contributed by atoms with Crippen molar-refractivity contribution in [3.63, 3.8) is 0 Å². The summed E-state index contributed by atoms with van der Waals surface area (Å²) in [5.41, 5.74) is 3.23. The van der Waals surface area contributed by atoms with Gasteiger partial charge in [-0.15, -0.1) is 0 Å². The molecule has 2 heteroatoms. The third kappa shape index (κ3) is 3.07. The van der Waals surface area contributed by atoms with E-state index in [-0.39, 0.29) is 0 Å². The van der Waals surface area contributed by atoms with Gasteiger partial charge >= 0.3 is 0 Å². The summed E-state index contributed by atoms with van der Waals surface area (Å²) in [5.74, 6) is 0. The number of aryl methyl sites for hydroxylation is 1. The van der Waals surface area contributed by atoms with Gasteiger partial charge in [-0.05, 0) is 51.1 Å². The van der Waals surface area contributed by atoms with Gasteiger partial charge in [0.2, 0.25) is 0 Å². The molecule has 0 aliphatic heterocycles. The largest absolute Gasteiger partial charge is 0.300 e. The van der Waals surface area contributed by atoms with E-state index in [0.717, 1.165) is 12.1 Å². The van der Waals surface area contributed by atoms with E-state index in [2.05, 4.69) is 38.8 Å². The lowest BCUT2D eigenvalue weighted by molar-refractivity contribution is 0.265. The third-order valence-electron chi connectivity index (χ3n) is 2.77. The lowest BCUT2D eigenvalue weighted by Crippen LogP contribution is -2.25. The SMILES string of the molecule is Cc1cc(C#N)ccc1CN(C)C(C)C. The van der Waals surface area contributed by atoms with Crippen LogP contribution in [-0.2, 0) is 6.54 Å². The van der Waals surface area contributed by atoms with Gasteiger partial charge in [0.25, 0.3) is 0 Å². The van der Waals surface area contributed by atoms with Crippen LogP contribution in [0.15, 0.2) is 18.2 Å². The number of rotatable bonds is 3. The monoisotopic (exact) mass is 202 g/mol. The minimum atomic E-state index is 0.542. The first kappa shape index (κ1) is 11.7. The molecule has 0 aliphatic carbocycles. The quantitative estimate of drug-likeness (QED) is 0.753. The standard InChI is InChI=1S/C13H18N2/c1-10(2)15(4)9-13-6-5-12(8-14)7-11(13)3/h5-7,10H,9H2,1-4H3. The van der Waals surface area contributed by atoms with Gasteiger partial charge in [0.1, 0.15) is 0 Å². The molecular weight excluding hydrogens is 184 g/mol. The predicted octanol–water partition coefficient (Wildman–Crippen LogP) is 2.71. The molecule has 0 spiro atoms. The molecule has 0 heterocycles.